The zero-order valence-electron chi connectivity index (χ0n) is 25.0. The Morgan fingerprint density at radius 3 is 2.10 bits per heavy atom. The fourth-order valence-electron chi connectivity index (χ4n) is 6.72. The third kappa shape index (κ3) is 5.44. The number of nitro groups is 1. The predicted molar refractivity (Wildman–Crippen MR) is 161 cm³/mol. The molecule has 9 heteroatoms. The van der Waals surface area contributed by atoms with Crippen molar-refractivity contribution in [2.75, 3.05) is 13.7 Å². The standard InChI is InChI=1S/C33H37ClN2O6/c1-7-35-23-14-32(2,3)16-25(37)29(23)28(30-24(35)15-33(4,5)17-26(30)38)20-12-22(34)31(27(13-20)41-6)42-18-19-9-8-10-21(11-19)36(39)40/h8-13,28H,7,14-18H2,1-6H3. The quantitative estimate of drug-likeness (QED) is 0.242. The van der Waals surface area contributed by atoms with Crippen molar-refractivity contribution in [2.45, 2.75) is 72.8 Å². The molecule has 0 atom stereocenters. The minimum absolute atomic E-state index is 0.0308. The zero-order valence-corrected chi connectivity index (χ0v) is 25.8. The van der Waals surface area contributed by atoms with E-state index in [-0.39, 0.29) is 45.5 Å². The average molecular weight is 593 g/mol. The first-order valence-corrected chi connectivity index (χ1v) is 14.7. The van der Waals surface area contributed by atoms with Crippen LogP contribution in [0.5, 0.6) is 11.5 Å². The van der Waals surface area contributed by atoms with Gasteiger partial charge < -0.3 is 14.4 Å². The van der Waals surface area contributed by atoms with Crippen LogP contribution in [0.25, 0.3) is 0 Å². The second-order valence-corrected chi connectivity index (χ2v) is 13.4. The van der Waals surface area contributed by atoms with Gasteiger partial charge >= 0.3 is 0 Å². The van der Waals surface area contributed by atoms with Crippen molar-refractivity contribution in [3.05, 3.63) is 85.2 Å². The molecule has 0 radical (unpaired) electrons. The summed E-state index contributed by atoms with van der Waals surface area (Å²) >= 11 is 6.82. The van der Waals surface area contributed by atoms with E-state index in [1.807, 2.05) is 0 Å². The Labute approximate surface area is 251 Å². The molecular formula is C33H37ClN2O6. The number of rotatable bonds is 7. The Hall–Kier alpha value is -3.65. The lowest BCUT2D eigenvalue weighted by atomic mass is 9.63. The highest BCUT2D eigenvalue weighted by Gasteiger charge is 2.48. The molecule has 1 aliphatic heterocycles. The van der Waals surface area contributed by atoms with Gasteiger partial charge in [-0.15, -0.1) is 0 Å². The Bertz CT molecular complexity index is 1500. The molecule has 222 valence electrons. The van der Waals surface area contributed by atoms with Gasteiger partial charge in [0.15, 0.2) is 23.1 Å². The van der Waals surface area contributed by atoms with Crippen molar-refractivity contribution in [2.24, 2.45) is 10.8 Å². The van der Waals surface area contributed by atoms with E-state index in [1.165, 1.54) is 19.2 Å². The van der Waals surface area contributed by atoms with Gasteiger partial charge in [0, 0.05) is 60.0 Å². The Morgan fingerprint density at radius 1 is 0.976 bits per heavy atom. The Balaban J connectivity index is 1.62. The number of halogens is 1. The number of allylic oxidation sites excluding steroid dienone is 4. The van der Waals surface area contributed by atoms with E-state index in [0.29, 0.717) is 47.4 Å². The van der Waals surface area contributed by atoms with Crippen LogP contribution in [0.15, 0.2) is 58.9 Å². The number of hydrogen-bond donors (Lipinski definition) is 0. The molecule has 1 heterocycles. The maximum Gasteiger partial charge on any atom is 0.269 e. The lowest BCUT2D eigenvalue weighted by Crippen LogP contribution is -2.44. The highest BCUT2D eigenvalue weighted by atomic mass is 35.5. The van der Waals surface area contributed by atoms with Gasteiger partial charge in [-0.05, 0) is 53.9 Å². The number of hydrogen-bond acceptors (Lipinski definition) is 7. The fourth-order valence-corrected chi connectivity index (χ4v) is 7.00. The smallest absolute Gasteiger partial charge is 0.269 e. The van der Waals surface area contributed by atoms with E-state index < -0.39 is 10.8 Å². The van der Waals surface area contributed by atoms with Crippen LogP contribution in [0.2, 0.25) is 5.02 Å². The van der Waals surface area contributed by atoms with Gasteiger partial charge in [-0.3, -0.25) is 19.7 Å². The van der Waals surface area contributed by atoms with Gasteiger partial charge in [-0.25, -0.2) is 0 Å². The van der Waals surface area contributed by atoms with E-state index in [9.17, 15) is 19.7 Å². The number of methoxy groups -OCH3 is 1. The second-order valence-electron chi connectivity index (χ2n) is 13.0. The summed E-state index contributed by atoms with van der Waals surface area (Å²) in [6.07, 6.45) is 2.27. The molecule has 3 aliphatic rings. The number of nitrogens with zero attached hydrogens (tertiary/aromatic N) is 2. The van der Waals surface area contributed by atoms with Crippen LogP contribution in [0, 0.1) is 20.9 Å². The third-order valence-corrected chi connectivity index (χ3v) is 8.71. The summed E-state index contributed by atoms with van der Waals surface area (Å²) in [5, 5.41) is 11.5. The highest BCUT2D eigenvalue weighted by Crippen LogP contribution is 2.55. The van der Waals surface area contributed by atoms with Crippen molar-refractivity contribution in [1.29, 1.82) is 0 Å². The normalized spacial score (nSPS) is 19.9. The van der Waals surface area contributed by atoms with E-state index >= 15 is 0 Å². The molecule has 2 aromatic rings. The van der Waals surface area contributed by atoms with Crippen molar-refractivity contribution in [3.63, 3.8) is 0 Å². The van der Waals surface area contributed by atoms with Crippen LogP contribution in [-0.4, -0.2) is 35.0 Å². The number of benzene rings is 2. The lowest BCUT2D eigenvalue weighted by Gasteiger charge is -2.49. The van der Waals surface area contributed by atoms with E-state index in [0.717, 1.165) is 24.2 Å². The summed E-state index contributed by atoms with van der Waals surface area (Å²) in [5.41, 5.74) is 4.22. The van der Waals surface area contributed by atoms with Crippen LogP contribution in [-0.2, 0) is 16.2 Å². The first-order chi connectivity index (χ1) is 19.7. The Morgan fingerprint density at radius 2 is 1.57 bits per heavy atom. The number of non-ortho nitro benzene ring substituents is 1. The molecular weight excluding hydrogens is 556 g/mol. The van der Waals surface area contributed by atoms with E-state index in [4.69, 9.17) is 21.1 Å². The third-order valence-electron chi connectivity index (χ3n) is 8.43. The SMILES string of the molecule is CCN1C2=C(C(=O)CC(C)(C)C2)C(c2cc(Cl)c(OCc3cccc([N+](=O)[O-])c3)c(OC)c2)C2=C1CC(C)(C)CC2=O. The predicted octanol–water partition coefficient (Wildman–Crippen LogP) is 7.54. The van der Waals surface area contributed by atoms with Crippen LogP contribution < -0.4 is 9.47 Å². The molecule has 2 aliphatic carbocycles. The van der Waals surface area contributed by atoms with Gasteiger partial charge in [-0.2, -0.15) is 0 Å². The molecule has 0 saturated heterocycles. The lowest BCUT2D eigenvalue weighted by molar-refractivity contribution is -0.384. The number of carbonyl (C=O) groups is 2. The zero-order chi connectivity index (χ0) is 30.6. The monoisotopic (exact) mass is 592 g/mol. The largest absolute Gasteiger partial charge is 0.493 e. The summed E-state index contributed by atoms with van der Waals surface area (Å²) in [6.45, 7) is 11.2. The average Bonchev–Trinajstić information content (AvgIpc) is 2.89. The minimum atomic E-state index is -0.553. The van der Waals surface area contributed by atoms with Crippen LogP contribution in [0.4, 0.5) is 5.69 Å². The van der Waals surface area contributed by atoms with Gasteiger partial charge in [0.2, 0.25) is 0 Å². The summed E-state index contributed by atoms with van der Waals surface area (Å²) in [6, 6.07) is 9.76. The summed E-state index contributed by atoms with van der Waals surface area (Å²) in [4.78, 5) is 40.7. The Kier molecular flexibility index (Phi) is 7.73. The highest BCUT2D eigenvalue weighted by molar-refractivity contribution is 6.32. The molecule has 2 aromatic carbocycles. The number of ketones is 2. The molecule has 5 rings (SSSR count). The molecule has 0 amide bonds. The first-order valence-electron chi connectivity index (χ1n) is 14.3. The number of ether oxygens (including phenoxy) is 2. The molecule has 0 unspecified atom stereocenters. The molecule has 0 saturated carbocycles. The van der Waals surface area contributed by atoms with Crippen LogP contribution in [0.1, 0.15) is 77.3 Å². The molecule has 0 aromatic heterocycles. The van der Waals surface area contributed by atoms with Crippen LogP contribution in [0.3, 0.4) is 0 Å². The van der Waals surface area contributed by atoms with E-state index in [1.54, 1.807) is 24.3 Å². The van der Waals surface area contributed by atoms with E-state index in [2.05, 4.69) is 39.5 Å². The molecule has 0 bridgehead atoms. The van der Waals surface area contributed by atoms with Crippen LogP contribution >= 0.6 is 11.6 Å². The van der Waals surface area contributed by atoms with Crippen molar-refractivity contribution in [3.8, 4) is 11.5 Å². The van der Waals surface area contributed by atoms with Gasteiger partial charge in [-0.1, -0.05) is 51.4 Å². The molecule has 0 fully saturated rings. The molecule has 0 spiro atoms. The maximum atomic E-state index is 13.9. The fraction of sp³-hybridized carbons (Fsp3) is 0.455. The number of Topliss-reactive ketones (excluding diaryl/α,β-unsaturated/α-hetero) is 2. The second kappa shape index (κ2) is 10.9. The topological polar surface area (TPSA) is 99.0 Å². The maximum absolute atomic E-state index is 13.9. The van der Waals surface area contributed by atoms with Crippen molar-refractivity contribution in [1.82, 2.24) is 4.90 Å². The van der Waals surface area contributed by atoms with Gasteiger partial charge in [0.05, 0.1) is 17.1 Å². The van der Waals surface area contributed by atoms with Crippen molar-refractivity contribution < 1.29 is 24.0 Å². The number of nitro benzene ring substituents is 1. The summed E-state index contributed by atoms with van der Waals surface area (Å²) < 4.78 is 11.7. The number of carbonyl (C=O) groups excluding carboxylic acids is 2. The van der Waals surface area contributed by atoms with Gasteiger partial charge in [0.25, 0.3) is 5.69 Å². The molecule has 0 N–H and O–H groups in total. The van der Waals surface area contributed by atoms with Crippen molar-refractivity contribution >= 4 is 28.9 Å². The summed E-state index contributed by atoms with van der Waals surface area (Å²) in [7, 11) is 1.51. The summed E-state index contributed by atoms with van der Waals surface area (Å²) in [5.74, 6) is 0.195. The molecule has 42 heavy (non-hydrogen) atoms. The first kappa shape index (κ1) is 29.8. The minimum Gasteiger partial charge on any atom is -0.493 e. The van der Waals surface area contributed by atoms with Gasteiger partial charge in [0.1, 0.15) is 6.61 Å². The molecule has 8 nitrogen and oxygen atoms in total.